The Bertz CT molecular complexity index is 378. The quantitative estimate of drug-likeness (QED) is 0.737. The molecule has 1 aromatic rings. The van der Waals surface area contributed by atoms with Crippen molar-refractivity contribution in [3.05, 3.63) is 35.6 Å². The molecule has 5 heteroatoms. The van der Waals surface area contributed by atoms with Gasteiger partial charge in [-0.1, -0.05) is 17.3 Å². The van der Waals surface area contributed by atoms with Crippen LogP contribution in [-0.2, 0) is 4.84 Å². The summed E-state index contributed by atoms with van der Waals surface area (Å²) < 4.78 is 12.7. The highest BCUT2D eigenvalue weighted by Crippen LogP contribution is 2.23. The van der Waals surface area contributed by atoms with Crippen LogP contribution in [0.3, 0.4) is 0 Å². The van der Waals surface area contributed by atoms with Crippen LogP contribution in [0.15, 0.2) is 29.4 Å². The van der Waals surface area contributed by atoms with Crippen LogP contribution in [0.25, 0.3) is 0 Å². The van der Waals surface area contributed by atoms with Gasteiger partial charge in [0.25, 0.3) is 0 Å². The maximum Gasteiger partial charge on any atom is 0.163 e. The van der Waals surface area contributed by atoms with E-state index in [0.717, 1.165) is 11.3 Å². The number of halogens is 3. The van der Waals surface area contributed by atoms with Crippen LogP contribution < -0.4 is 0 Å². The third-order valence-electron chi connectivity index (χ3n) is 2.15. The molecule has 1 atom stereocenters. The summed E-state index contributed by atoms with van der Waals surface area (Å²) >= 11 is 11.3. The van der Waals surface area contributed by atoms with Gasteiger partial charge < -0.3 is 4.84 Å². The first-order valence-electron chi connectivity index (χ1n) is 4.43. The van der Waals surface area contributed by atoms with E-state index in [9.17, 15) is 4.39 Å². The van der Waals surface area contributed by atoms with Crippen LogP contribution in [0.4, 0.5) is 4.39 Å². The van der Waals surface area contributed by atoms with Gasteiger partial charge in [0.15, 0.2) is 6.10 Å². The zero-order valence-corrected chi connectivity index (χ0v) is 9.17. The normalized spacial score (nSPS) is 20.3. The molecule has 80 valence electrons. The predicted molar refractivity (Wildman–Crippen MR) is 57.9 cm³/mol. The Morgan fingerprint density at radius 1 is 1.33 bits per heavy atom. The van der Waals surface area contributed by atoms with E-state index in [1.165, 1.54) is 12.1 Å². The minimum absolute atomic E-state index is 0.276. The number of rotatable bonds is 2. The minimum Gasteiger partial charge on any atom is -0.389 e. The number of alkyl halides is 2. The van der Waals surface area contributed by atoms with E-state index in [4.69, 9.17) is 28.0 Å². The number of hydrogen-bond acceptors (Lipinski definition) is 2. The zero-order valence-electron chi connectivity index (χ0n) is 7.66. The van der Waals surface area contributed by atoms with Crippen molar-refractivity contribution in [3.8, 4) is 0 Å². The molecule has 15 heavy (non-hydrogen) atoms. The molecule has 0 spiro atoms. The lowest BCUT2D eigenvalue weighted by atomic mass is 10.1. The van der Waals surface area contributed by atoms with Crippen LogP contribution >= 0.6 is 23.2 Å². The van der Waals surface area contributed by atoms with Gasteiger partial charge in [-0.2, -0.15) is 0 Å². The summed E-state index contributed by atoms with van der Waals surface area (Å²) in [5.74, 6) is -0.276. The molecule has 1 unspecified atom stereocenters. The highest BCUT2D eigenvalue weighted by atomic mass is 35.5. The Morgan fingerprint density at radius 2 is 2.00 bits per heavy atom. The second kappa shape index (κ2) is 4.37. The van der Waals surface area contributed by atoms with Crippen molar-refractivity contribution in [1.29, 1.82) is 0 Å². The van der Waals surface area contributed by atoms with Crippen molar-refractivity contribution >= 4 is 28.9 Å². The SMILES string of the molecule is Fc1ccc(C2=NOC(C(Cl)Cl)C2)cc1. The van der Waals surface area contributed by atoms with E-state index in [2.05, 4.69) is 5.16 Å². The van der Waals surface area contributed by atoms with E-state index in [1.807, 2.05) is 0 Å². The summed E-state index contributed by atoms with van der Waals surface area (Å²) in [6, 6.07) is 6.06. The summed E-state index contributed by atoms with van der Waals surface area (Å²) in [5, 5.41) is 3.86. The van der Waals surface area contributed by atoms with Crippen molar-refractivity contribution < 1.29 is 9.23 Å². The third-order valence-corrected chi connectivity index (χ3v) is 2.71. The van der Waals surface area contributed by atoms with Crippen LogP contribution in [0.1, 0.15) is 12.0 Å². The standard InChI is InChI=1S/C10H8Cl2FNO/c11-10(12)9-5-8(14-15-9)6-1-3-7(13)4-2-6/h1-4,9-10H,5H2. The lowest BCUT2D eigenvalue weighted by Gasteiger charge is -2.07. The Balaban J connectivity index is 2.11. The van der Waals surface area contributed by atoms with Crippen molar-refractivity contribution in [2.75, 3.05) is 0 Å². The minimum atomic E-state index is -0.605. The summed E-state index contributed by atoms with van der Waals surface area (Å²) in [4.78, 5) is 4.44. The molecule has 1 aromatic carbocycles. The molecule has 1 heterocycles. The van der Waals surface area contributed by atoms with Crippen LogP contribution in [0.2, 0.25) is 0 Å². The molecular formula is C10H8Cl2FNO. The molecule has 0 aromatic heterocycles. The molecule has 0 fully saturated rings. The molecular weight excluding hydrogens is 240 g/mol. The number of benzene rings is 1. The monoisotopic (exact) mass is 247 g/mol. The Hall–Kier alpha value is -0.800. The molecule has 2 rings (SSSR count). The summed E-state index contributed by atoms with van der Waals surface area (Å²) in [7, 11) is 0. The average molecular weight is 248 g/mol. The van der Waals surface area contributed by atoms with E-state index in [-0.39, 0.29) is 11.9 Å². The molecule has 0 saturated heterocycles. The van der Waals surface area contributed by atoms with Crippen molar-refractivity contribution in [2.24, 2.45) is 5.16 Å². The lowest BCUT2D eigenvalue weighted by Crippen LogP contribution is -2.16. The average Bonchev–Trinajstić information content (AvgIpc) is 2.68. The van der Waals surface area contributed by atoms with Gasteiger partial charge in [-0.3, -0.25) is 0 Å². The summed E-state index contributed by atoms with van der Waals surface area (Å²) in [6.07, 6.45) is 0.233. The molecule has 0 radical (unpaired) electrons. The van der Waals surface area contributed by atoms with Gasteiger partial charge in [0.2, 0.25) is 0 Å². The van der Waals surface area contributed by atoms with E-state index < -0.39 is 4.84 Å². The molecule has 1 aliphatic heterocycles. The predicted octanol–water partition coefficient (Wildman–Crippen LogP) is 3.12. The van der Waals surface area contributed by atoms with Crippen molar-refractivity contribution in [1.82, 2.24) is 0 Å². The highest BCUT2D eigenvalue weighted by Gasteiger charge is 2.27. The van der Waals surface area contributed by atoms with Crippen LogP contribution in [0, 0.1) is 5.82 Å². The highest BCUT2D eigenvalue weighted by molar-refractivity contribution is 6.44. The smallest absolute Gasteiger partial charge is 0.163 e. The maximum absolute atomic E-state index is 12.7. The van der Waals surface area contributed by atoms with Crippen LogP contribution in [-0.4, -0.2) is 16.7 Å². The van der Waals surface area contributed by atoms with Crippen LogP contribution in [0.5, 0.6) is 0 Å². The van der Waals surface area contributed by atoms with E-state index in [1.54, 1.807) is 12.1 Å². The first kappa shape index (κ1) is 10.7. The molecule has 0 aliphatic carbocycles. The summed E-state index contributed by atoms with van der Waals surface area (Å²) in [6.45, 7) is 0. The number of oxime groups is 1. The van der Waals surface area contributed by atoms with Gasteiger partial charge in [-0.25, -0.2) is 4.39 Å². The fraction of sp³-hybridized carbons (Fsp3) is 0.300. The fourth-order valence-electron chi connectivity index (χ4n) is 1.34. The van der Waals surface area contributed by atoms with Gasteiger partial charge >= 0.3 is 0 Å². The topological polar surface area (TPSA) is 21.6 Å². The lowest BCUT2D eigenvalue weighted by molar-refractivity contribution is 0.0954. The second-order valence-corrected chi connectivity index (χ2v) is 4.39. The molecule has 0 bridgehead atoms. The molecule has 0 N–H and O–H groups in total. The van der Waals surface area contributed by atoms with Gasteiger partial charge in [-0.05, 0) is 17.7 Å². The molecule has 0 saturated carbocycles. The zero-order chi connectivity index (χ0) is 10.8. The Kier molecular flexibility index (Phi) is 3.12. The summed E-state index contributed by atoms with van der Waals surface area (Å²) in [5.41, 5.74) is 1.57. The van der Waals surface area contributed by atoms with E-state index in [0.29, 0.717) is 6.42 Å². The third kappa shape index (κ3) is 2.41. The van der Waals surface area contributed by atoms with Gasteiger partial charge in [0, 0.05) is 6.42 Å². The molecule has 0 amide bonds. The molecule has 2 nitrogen and oxygen atoms in total. The van der Waals surface area contributed by atoms with Gasteiger partial charge in [0.05, 0.1) is 5.71 Å². The number of hydrogen-bond donors (Lipinski definition) is 0. The first-order chi connectivity index (χ1) is 7.16. The first-order valence-corrected chi connectivity index (χ1v) is 5.31. The number of nitrogens with zero attached hydrogens (tertiary/aromatic N) is 1. The van der Waals surface area contributed by atoms with Crippen molar-refractivity contribution in [2.45, 2.75) is 17.4 Å². The van der Waals surface area contributed by atoms with E-state index >= 15 is 0 Å². The molecule has 1 aliphatic rings. The Morgan fingerprint density at radius 3 is 2.53 bits per heavy atom. The Labute approximate surface area is 96.6 Å². The fourth-order valence-corrected chi connectivity index (χ4v) is 1.61. The second-order valence-electron chi connectivity index (χ2n) is 3.23. The van der Waals surface area contributed by atoms with Gasteiger partial charge in [0.1, 0.15) is 10.7 Å². The van der Waals surface area contributed by atoms with Crippen molar-refractivity contribution in [3.63, 3.8) is 0 Å². The van der Waals surface area contributed by atoms with Gasteiger partial charge in [-0.15, -0.1) is 23.2 Å². The largest absolute Gasteiger partial charge is 0.389 e. The maximum atomic E-state index is 12.7.